The van der Waals surface area contributed by atoms with E-state index >= 15 is 0 Å². The average Bonchev–Trinajstić information content (AvgIpc) is 2.66. The smallest absolute Gasteiger partial charge is 0.304 e. The van der Waals surface area contributed by atoms with Crippen LogP contribution in [0.4, 0.5) is 24.5 Å². The van der Waals surface area contributed by atoms with Crippen LogP contribution in [0.15, 0.2) is 53.6 Å². The van der Waals surface area contributed by atoms with Crippen molar-refractivity contribution in [1.29, 1.82) is 0 Å². The van der Waals surface area contributed by atoms with Crippen LogP contribution in [0, 0.1) is 27.6 Å². The number of anilines is 1. The van der Waals surface area contributed by atoms with Crippen LogP contribution in [-0.4, -0.2) is 25.4 Å². The summed E-state index contributed by atoms with van der Waals surface area (Å²) in [6.45, 7) is 0. The summed E-state index contributed by atoms with van der Waals surface area (Å²) < 4.78 is 73.1. The molecular formula is C18H12F3N3O5S. The van der Waals surface area contributed by atoms with Crippen molar-refractivity contribution in [2.75, 3.05) is 11.8 Å². The molecule has 0 spiro atoms. The zero-order valence-corrected chi connectivity index (χ0v) is 15.9. The number of pyridine rings is 1. The molecule has 0 atom stereocenters. The maximum Gasteiger partial charge on any atom is 0.304 e. The Balaban J connectivity index is 2.03. The minimum atomic E-state index is -4.49. The second-order valence-electron chi connectivity index (χ2n) is 5.88. The van der Waals surface area contributed by atoms with Crippen molar-refractivity contribution in [3.63, 3.8) is 0 Å². The minimum absolute atomic E-state index is 0.168. The van der Waals surface area contributed by atoms with Crippen molar-refractivity contribution in [2.24, 2.45) is 0 Å². The molecule has 3 aromatic rings. The van der Waals surface area contributed by atoms with Gasteiger partial charge in [0.1, 0.15) is 22.2 Å². The number of rotatable bonds is 6. The molecule has 30 heavy (non-hydrogen) atoms. The van der Waals surface area contributed by atoms with E-state index in [0.29, 0.717) is 6.07 Å². The number of ether oxygens (including phenoxy) is 1. The van der Waals surface area contributed by atoms with Gasteiger partial charge in [0.05, 0.1) is 12.0 Å². The minimum Gasteiger partial charge on any atom is -0.480 e. The summed E-state index contributed by atoms with van der Waals surface area (Å²) in [7, 11) is -3.28. The second kappa shape index (κ2) is 7.99. The van der Waals surface area contributed by atoms with E-state index in [1.165, 1.54) is 25.4 Å². The van der Waals surface area contributed by atoms with Crippen LogP contribution in [-0.2, 0) is 10.0 Å². The third-order valence-electron chi connectivity index (χ3n) is 3.95. The number of hydrogen-bond acceptors (Lipinski definition) is 6. The van der Waals surface area contributed by atoms with Crippen LogP contribution in [0.1, 0.15) is 0 Å². The molecule has 156 valence electrons. The summed E-state index contributed by atoms with van der Waals surface area (Å²) in [5.41, 5.74) is -0.575. The number of halogens is 3. The van der Waals surface area contributed by atoms with E-state index in [2.05, 4.69) is 9.71 Å². The molecule has 0 aliphatic rings. The summed E-state index contributed by atoms with van der Waals surface area (Å²) in [6.07, 6.45) is 1.23. The van der Waals surface area contributed by atoms with Crippen LogP contribution >= 0.6 is 0 Å². The fraction of sp³-hybridized carbons (Fsp3) is 0.0556. The predicted octanol–water partition coefficient (Wildman–Crippen LogP) is 3.88. The van der Waals surface area contributed by atoms with Gasteiger partial charge in [-0.15, -0.1) is 0 Å². The Labute approximate surface area is 168 Å². The van der Waals surface area contributed by atoms with Crippen LogP contribution in [0.25, 0.3) is 11.1 Å². The van der Waals surface area contributed by atoms with Crippen molar-refractivity contribution < 1.29 is 31.2 Å². The topological polar surface area (TPSA) is 111 Å². The number of nitro benzene ring substituents is 1. The molecule has 0 aliphatic carbocycles. The fourth-order valence-corrected chi connectivity index (χ4v) is 3.68. The molecule has 12 heteroatoms. The average molecular weight is 439 g/mol. The van der Waals surface area contributed by atoms with E-state index in [1.807, 2.05) is 0 Å². The van der Waals surface area contributed by atoms with Crippen LogP contribution in [0.5, 0.6) is 5.88 Å². The number of nitro groups is 1. The van der Waals surface area contributed by atoms with E-state index < -0.39 is 43.0 Å². The maximum atomic E-state index is 13.9. The van der Waals surface area contributed by atoms with E-state index in [0.717, 1.165) is 24.3 Å². The summed E-state index contributed by atoms with van der Waals surface area (Å²) in [5, 5.41) is 10.8. The third-order valence-corrected chi connectivity index (χ3v) is 5.35. The lowest BCUT2D eigenvalue weighted by Gasteiger charge is -2.13. The zero-order chi connectivity index (χ0) is 22.1. The lowest BCUT2D eigenvalue weighted by molar-refractivity contribution is -0.387. The third kappa shape index (κ3) is 4.17. The Bertz CT molecular complexity index is 1250. The second-order valence-corrected chi connectivity index (χ2v) is 7.54. The highest BCUT2D eigenvalue weighted by molar-refractivity contribution is 7.92. The zero-order valence-electron chi connectivity index (χ0n) is 15.1. The first-order valence-corrected chi connectivity index (χ1v) is 9.57. The van der Waals surface area contributed by atoms with Crippen LogP contribution in [0.3, 0.4) is 0 Å². The van der Waals surface area contributed by atoms with Crippen LogP contribution in [0.2, 0.25) is 0 Å². The van der Waals surface area contributed by atoms with Gasteiger partial charge in [-0.05, 0) is 35.9 Å². The van der Waals surface area contributed by atoms with E-state index in [1.54, 1.807) is 0 Å². The molecule has 1 N–H and O–H groups in total. The first kappa shape index (κ1) is 21.0. The number of sulfonamides is 1. The highest BCUT2D eigenvalue weighted by Gasteiger charge is 2.22. The molecule has 0 amide bonds. The quantitative estimate of drug-likeness (QED) is 0.461. The number of benzene rings is 2. The van der Waals surface area contributed by atoms with Gasteiger partial charge in [-0.1, -0.05) is 0 Å². The molecule has 0 saturated heterocycles. The summed E-state index contributed by atoms with van der Waals surface area (Å²) >= 11 is 0. The largest absolute Gasteiger partial charge is 0.480 e. The van der Waals surface area contributed by atoms with Gasteiger partial charge in [-0.25, -0.2) is 22.2 Å². The van der Waals surface area contributed by atoms with Gasteiger partial charge in [-0.2, -0.15) is 4.39 Å². The molecule has 1 aromatic heterocycles. The van der Waals surface area contributed by atoms with Crippen molar-refractivity contribution >= 4 is 21.4 Å². The molecule has 0 radical (unpaired) electrons. The highest BCUT2D eigenvalue weighted by atomic mass is 32.2. The summed E-state index contributed by atoms with van der Waals surface area (Å²) in [4.78, 5) is 13.0. The summed E-state index contributed by atoms with van der Waals surface area (Å²) in [5.74, 6) is -3.52. The Morgan fingerprint density at radius 3 is 2.37 bits per heavy atom. The lowest BCUT2D eigenvalue weighted by Crippen LogP contribution is -2.15. The van der Waals surface area contributed by atoms with Gasteiger partial charge in [0, 0.05) is 23.9 Å². The Morgan fingerprint density at radius 1 is 1.03 bits per heavy atom. The standard InChI is InChI=1S/C18H12F3N3O5S/c1-29-18-15(23-30(27,28)17-5-3-12(19)8-14(17)21)7-11(9-22-18)10-2-4-16(24(25)26)13(20)6-10/h2-9,23H,1H3. The van der Waals surface area contributed by atoms with Gasteiger partial charge < -0.3 is 4.74 Å². The molecule has 2 aromatic carbocycles. The van der Waals surface area contributed by atoms with E-state index in [4.69, 9.17) is 4.74 Å². The van der Waals surface area contributed by atoms with Gasteiger partial charge in [0.15, 0.2) is 0 Å². The number of nitrogens with zero attached hydrogens (tertiary/aromatic N) is 2. The van der Waals surface area contributed by atoms with E-state index in [-0.39, 0.29) is 22.7 Å². The molecule has 0 aliphatic heterocycles. The van der Waals surface area contributed by atoms with Crippen LogP contribution < -0.4 is 9.46 Å². The maximum absolute atomic E-state index is 13.9. The molecule has 3 rings (SSSR count). The van der Waals surface area contributed by atoms with Gasteiger partial charge >= 0.3 is 5.69 Å². The predicted molar refractivity (Wildman–Crippen MR) is 100 cm³/mol. The number of aromatic nitrogens is 1. The number of nitrogens with one attached hydrogen (secondary N) is 1. The lowest BCUT2D eigenvalue weighted by atomic mass is 10.1. The van der Waals surface area contributed by atoms with Crippen molar-refractivity contribution in [1.82, 2.24) is 4.98 Å². The Morgan fingerprint density at radius 2 is 1.77 bits per heavy atom. The molecule has 0 unspecified atom stereocenters. The first-order chi connectivity index (χ1) is 14.1. The molecule has 0 saturated carbocycles. The molecule has 0 fully saturated rings. The Kier molecular flexibility index (Phi) is 5.60. The number of hydrogen-bond donors (Lipinski definition) is 1. The first-order valence-electron chi connectivity index (χ1n) is 8.08. The highest BCUT2D eigenvalue weighted by Crippen LogP contribution is 2.32. The molecule has 1 heterocycles. The van der Waals surface area contributed by atoms with Gasteiger partial charge in [0.25, 0.3) is 10.0 Å². The van der Waals surface area contributed by atoms with Crippen molar-refractivity contribution in [3.05, 3.63) is 76.2 Å². The van der Waals surface area contributed by atoms with Crippen molar-refractivity contribution in [3.8, 4) is 17.0 Å². The van der Waals surface area contributed by atoms with Crippen molar-refractivity contribution in [2.45, 2.75) is 4.90 Å². The molecule has 0 bridgehead atoms. The van der Waals surface area contributed by atoms with Gasteiger partial charge in [-0.3, -0.25) is 14.8 Å². The molecular weight excluding hydrogens is 427 g/mol. The summed E-state index contributed by atoms with van der Waals surface area (Å²) in [6, 6.07) is 6.27. The normalized spacial score (nSPS) is 11.2. The van der Waals surface area contributed by atoms with E-state index in [9.17, 15) is 31.7 Å². The fourth-order valence-electron chi connectivity index (χ4n) is 2.57. The monoisotopic (exact) mass is 439 g/mol. The van der Waals surface area contributed by atoms with Gasteiger partial charge in [0.2, 0.25) is 11.7 Å². The molecule has 8 nitrogen and oxygen atoms in total. The SMILES string of the molecule is COc1ncc(-c2ccc([N+](=O)[O-])c(F)c2)cc1NS(=O)(=O)c1ccc(F)cc1F. The Hall–Kier alpha value is -3.67. The number of methoxy groups -OCH3 is 1.